The van der Waals surface area contributed by atoms with Crippen LogP contribution >= 0.6 is 0 Å². The molecule has 0 saturated carbocycles. The van der Waals surface area contributed by atoms with Crippen LogP contribution in [-0.4, -0.2) is 27.2 Å². The summed E-state index contributed by atoms with van der Waals surface area (Å²) in [6.45, 7) is 2.85. The van der Waals surface area contributed by atoms with Crippen LogP contribution in [0.3, 0.4) is 0 Å². The SMILES string of the molecule is CCCCCCCCCCCCCCCCCCNC(=O)NNc1ccc(S(C)(=O)=O)cc1C#N. The molecule has 0 saturated heterocycles. The molecule has 0 unspecified atom stereocenters. The van der Waals surface area contributed by atoms with Crippen LogP contribution in [0.2, 0.25) is 0 Å². The van der Waals surface area contributed by atoms with Crippen molar-refractivity contribution in [3.63, 3.8) is 0 Å². The van der Waals surface area contributed by atoms with Gasteiger partial charge in [-0.3, -0.25) is 10.9 Å². The lowest BCUT2D eigenvalue weighted by atomic mass is 10.0. The smallest absolute Gasteiger partial charge is 0.333 e. The van der Waals surface area contributed by atoms with E-state index >= 15 is 0 Å². The van der Waals surface area contributed by atoms with E-state index in [0.29, 0.717) is 12.2 Å². The van der Waals surface area contributed by atoms with Gasteiger partial charge in [-0.05, 0) is 24.6 Å². The molecule has 8 heteroatoms. The zero-order chi connectivity index (χ0) is 25.8. The maximum absolute atomic E-state index is 11.9. The van der Waals surface area contributed by atoms with Gasteiger partial charge in [-0.15, -0.1) is 0 Å². The van der Waals surface area contributed by atoms with E-state index in [0.717, 1.165) is 19.1 Å². The Balaban J connectivity index is 1.98. The Labute approximate surface area is 213 Å². The highest BCUT2D eigenvalue weighted by Crippen LogP contribution is 2.19. The van der Waals surface area contributed by atoms with E-state index in [2.05, 4.69) is 23.1 Å². The second-order valence-corrected chi connectivity index (χ2v) is 11.4. The Morgan fingerprint density at radius 3 is 1.77 bits per heavy atom. The number of anilines is 1. The number of benzene rings is 1. The van der Waals surface area contributed by atoms with Crippen LogP contribution in [0.5, 0.6) is 0 Å². The number of hydrazine groups is 1. The summed E-state index contributed by atoms with van der Waals surface area (Å²) in [6, 6.07) is 5.70. The van der Waals surface area contributed by atoms with Crippen LogP contribution in [0.1, 0.15) is 115 Å². The number of nitrogens with zero attached hydrogens (tertiary/aromatic N) is 1. The number of unbranched alkanes of at least 4 members (excludes halogenated alkanes) is 15. The molecule has 0 bridgehead atoms. The summed E-state index contributed by atoms with van der Waals surface area (Å²) in [7, 11) is -3.40. The van der Waals surface area contributed by atoms with Gasteiger partial charge in [0.05, 0.1) is 16.1 Å². The normalized spacial score (nSPS) is 11.1. The fraction of sp³-hybridized carbons (Fsp3) is 0.704. The van der Waals surface area contributed by atoms with Crippen molar-refractivity contribution < 1.29 is 13.2 Å². The third-order valence-corrected chi connectivity index (χ3v) is 7.28. The number of nitrogens with one attached hydrogen (secondary N) is 3. The number of carbonyl (C=O) groups excluding carboxylic acids is 1. The van der Waals surface area contributed by atoms with Crippen molar-refractivity contribution >= 4 is 21.6 Å². The molecule has 0 aliphatic heterocycles. The second-order valence-electron chi connectivity index (χ2n) is 9.40. The van der Waals surface area contributed by atoms with Gasteiger partial charge >= 0.3 is 6.03 Å². The van der Waals surface area contributed by atoms with Crippen LogP contribution in [0.25, 0.3) is 0 Å². The van der Waals surface area contributed by atoms with Gasteiger partial charge in [-0.1, -0.05) is 103 Å². The number of amides is 2. The molecule has 0 atom stereocenters. The number of urea groups is 1. The molecule has 0 heterocycles. The van der Waals surface area contributed by atoms with Gasteiger partial charge in [-0.25, -0.2) is 13.2 Å². The third-order valence-electron chi connectivity index (χ3n) is 6.17. The first kappa shape index (κ1) is 30.8. The fourth-order valence-corrected chi connectivity index (χ4v) is 4.65. The van der Waals surface area contributed by atoms with Crippen molar-refractivity contribution in [2.45, 2.75) is 115 Å². The first-order chi connectivity index (χ1) is 16.9. The molecule has 3 N–H and O–H groups in total. The van der Waals surface area contributed by atoms with Gasteiger partial charge in [0.25, 0.3) is 0 Å². The molecule has 7 nitrogen and oxygen atoms in total. The number of rotatable bonds is 20. The number of sulfone groups is 1. The van der Waals surface area contributed by atoms with Gasteiger partial charge in [-0.2, -0.15) is 5.26 Å². The van der Waals surface area contributed by atoms with Gasteiger partial charge in [0, 0.05) is 12.8 Å². The van der Waals surface area contributed by atoms with E-state index in [1.165, 1.54) is 108 Å². The van der Waals surface area contributed by atoms with Crippen molar-refractivity contribution in [2.24, 2.45) is 0 Å². The van der Waals surface area contributed by atoms with E-state index in [9.17, 15) is 18.5 Å². The minimum Gasteiger partial charge on any atom is -0.337 e. The molecular formula is C27H46N4O3S. The van der Waals surface area contributed by atoms with E-state index in [1.807, 2.05) is 6.07 Å². The van der Waals surface area contributed by atoms with Crippen molar-refractivity contribution in [3.8, 4) is 6.07 Å². The summed E-state index contributed by atoms with van der Waals surface area (Å²) in [4.78, 5) is 12.0. The first-order valence-electron chi connectivity index (χ1n) is 13.4. The molecule has 0 fully saturated rings. The molecule has 1 aromatic carbocycles. The highest BCUT2D eigenvalue weighted by Gasteiger charge is 2.11. The minimum atomic E-state index is -3.40. The standard InChI is InChI=1S/C27H46N4O3S/c1-3-4-5-6-7-8-9-10-11-12-13-14-15-16-17-18-21-29-27(32)31-30-26-20-19-25(35(2,33)34)22-24(26)23-28/h19-20,22,30H,3-18,21H2,1-2H3,(H2,29,31,32). The highest BCUT2D eigenvalue weighted by atomic mass is 32.2. The minimum absolute atomic E-state index is 0.0625. The van der Waals surface area contributed by atoms with Crippen LogP contribution in [0, 0.1) is 11.3 Å². The maximum Gasteiger partial charge on any atom is 0.333 e. The first-order valence-corrected chi connectivity index (χ1v) is 15.3. The molecule has 0 spiro atoms. The summed E-state index contributed by atoms with van der Waals surface area (Å²) in [5.74, 6) is 0. The Bertz CT molecular complexity index is 866. The van der Waals surface area contributed by atoms with Gasteiger partial charge < -0.3 is 5.32 Å². The zero-order valence-corrected chi connectivity index (χ0v) is 22.6. The van der Waals surface area contributed by atoms with Gasteiger partial charge in [0.15, 0.2) is 9.84 Å². The predicted molar refractivity (Wildman–Crippen MR) is 144 cm³/mol. The lowest BCUT2D eigenvalue weighted by Crippen LogP contribution is -2.39. The summed E-state index contributed by atoms with van der Waals surface area (Å²) in [5, 5.41) is 12.0. The van der Waals surface area contributed by atoms with Crippen LogP contribution < -0.4 is 16.2 Å². The number of hydrogen-bond acceptors (Lipinski definition) is 5. The van der Waals surface area contributed by atoms with E-state index < -0.39 is 9.84 Å². The van der Waals surface area contributed by atoms with Crippen molar-refractivity contribution in [3.05, 3.63) is 23.8 Å². The molecule has 1 rings (SSSR count). The quantitative estimate of drug-likeness (QED) is 0.132. The zero-order valence-electron chi connectivity index (χ0n) is 21.8. The Hall–Kier alpha value is -2.27. The van der Waals surface area contributed by atoms with E-state index in [-0.39, 0.29) is 16.5 Å². The molecular weight excluding hydrogens is 460 g/mol. The van der Waals surface area contributed by atoms with Crippen LogP contribution in [-0.2, 0) is 9.84 Å². The van der Waals surface area contributed by atoms with Gasteiger partial charge in [0.1, 0.15) is 6.07 Å². The molecule has 35 heavy (non-hydrogen) atoms. The molecule has 0 aliphatic carbocycles. The second kappa shape index (κ2) is 19.0. The molecule has 0 aromatic heterocycles. The van der Waals surface area contributed by atoms with Gasteiger partial charge in [0.2, 0.25) is 0 Å². The summed E-state index contributed by atoms with van der Waals surface area (Å²) in [5.41, 5.74) is 5.65. The summed E-state index contributed by atoms with van der Waals surface area (Å²) < 4.78 is 23.2. The monoisotopic (exact) mass is 506 g/mol. The lowest BCUT2D eigenvalue weighted by Gasteiger charge is -2.11. The average Bonchev–Trinajstić information content (AvgIpc) is 2.83. The van der Waals surface area contributed by atoms with E-state index in [4.69, 9.17) is 0 Å². The molecule has 0 radical (unpaired) electrons. The molecule has 2 amide bonds. The molecule has 198 valence electrons. The van der Waals surface area contributed by atoms with E-state index in [1.54, 1.807) is 0 Å². The lowest BCUT2D eigenvalue weighted by molar-refractivity contribution is 0.242. The summed E-state index contributed by atoms with van der Waals surface area (Å²) in [6.07, 6.45) is 22.1. The topological polar surface area (TPSA) is 111 Å². The van der Waals surface area contributed by atoms with Crippen molar-refractivity contribution in [1.29, 1.82) is 5.26 Å². The third kappa shape index (κ3) is 15.4. The number of carbonyl (C=O) groups is 1. The van der Waals surface area contributed by atoms with Crippen molar-refractivity contribution in [2.75, 3.05) is 18.2 Å². The largest absolute Gasteiger partial charge is 0.337 e. The fourth-order valence-electron chi connectivity index (χ4n) is 4.00. The predicted octanol–water partition coefficient (Wildman–Crippen LogP) is 6.85. The Morgan fingerprint density at radius 1 is 0.829 bits per heavy atom. The maximum atomic E-state index is 11.9. The number of nitriles is 1. The highest BCUT2D eigenvalue weighted by molar-refractivity contribution is 7.90. The summed E-state index contributed by atoms with van der Waals surface area (Å²) >= 11 is 0. The Kier molecular flexibility index (Phi) is 16.7. The van der Waals surface area contributed by atoms with Crippen LogP contribution in [0.15, 0.2) is 23.1 Å². The van der Waals surface area contributed by atoms with Crippen molar-refractivity contribution in [1.82, 2.24) is 10.7 Å². The Morgan fingerprint density at radius 2 is 1.31 bits per heavy atom. The average molecular weight is 507 g/mol. The van der Waals surface area contributed by atoms with Crippen LogP contribution in [0.4, 0.5) is 10.5 Å². The molecule has 0 aliphatic rings. The number of hydrogen-bond donors (Lipinski definition) is 3. The molecule has 1 aromatic rings.